The fourth-order valence-corrected chi connectivity index (χ4v) is 1.91. The molecule has 0 fully saturated rings. The number of carbonyl (C=O) groups excluding carboxylic acids is 1. The summed E-state index contributed by atoms with van der Waals surface area (Å²) in [5.74, 6) is 1.12. The first-order valence-electron chi connectivity index (χ1n) is 5.53. The highest BCUT2D eigenvalue weighted by Gasteiger charge is 2.20. The molecule has 0 aliphatic carbocycles. The summed E-state index contributed by atoms with van der Waals surface area (Å²) in [6, 6.07) is 4.61. The Bertz CT molecular complexity index is 453. The molecule has 1 N–H and O–H groups in total. The Morgan fingerprint density at radius 1 is 1.50 bits per heavy atom. The summed E-state index contributed by atoms with van der Waals surface area (Å²) < 4.78 is 22.1. The van der Waals surface area contributed by atoms with E-state index in [4.69, 9.17) is 9.47 Å². The quantitative estimate of drug-likeness (QED) is 0.494. The topological polar surface area (TPSA) is 47.6 Å². The molecule has 0 amide bonds. The fraction of sp³-hybridized carbons (Fsp3) is 0.417. The molecular formula is C12H13FINO3. The van der Waals surface area contributed by atoms with Gasteiger partial charge in [-0.05, 0) is 47.7 Å². The van der Waals surface area contributed by atoms with Gasteiger partial charge in [-0.1, -0.05) is 0 Å². The van der Waals surface area contributed by atoms with E-state index >= 15 is 0 Å². The third kappa shape index (κ3) is 3.11. The standard InChI is InChI=1S/C12H13FINO3/c1-7(15-5-11(13)14)12(16)8-2-3-9-10(4-8)18-6-17-9/h2-4,7,11,15H,5-6H2,1H3. The van der Waals surface area contributed by atoms with Gasteiger partial charge in [-0.25, -0.2) is 4.39 Å². The Morgan fingerprint density at radius 2 is 2.22 bits per heavy atom. The highest BCUT2D eigenvalue weighted by atomic mass is 127. The lowest BCUT2D eigenvalue weighted by molar-refractivity contribution is 0.0949. The summed E-state index contributed by atoms with van der Waals surface area (Å²) in [5.41, 5.74) is 0.531. The molecule has 1 aromatic carbocycles. The summed E-state index contributed by atoms with van der Waals surface area (Å²) in [6.45, 7) is 2.04. The smallest absolute Gasteiger partial charge is 0.231 e. The monoisotopic (exact) mass is 365 g/mol. The molecule has 98 valence electrons. The van der Waals surface area contributed by atoms with E-state index < -0.39 is 10.2 Å². The first-order valence-corrected chi connectivity index (χ1v) is 6.78. The van der Waals surface area contributed by atoms with Crippen molar-refractivity contribution in [3.63, 3.8) is 0 Å². The van der Waals surface area contributed by atoms with Crippen molar-refractivity contribution in [3.8, 4) is 11.5 Å². The first-order chi connectivity index (χ1) is 8.58. The van der Waals surface area contributed by atoms with Crippen LogP contribution in [0.4, 0.5) is 4.39 Å². The zero-order chi connectivity index (χ0) is 13.1. The van der Waals surface area contributed by atoms with Crippen LogP contribution in [0.5, 0.6) is 11.5 Å². The molecule has 18 heavy (non-hydrogen) atoms. The lowest BCUT2D eigenvalue weighted by Crippen LogP contribution is -2.36. The second-order valence-corrected chi connectivity index (χ2v) is 5.30. The Labute approximate surface area is 118 Å². The van der Waals surface area contributed by atoms with Crippen LogP contribution in [-0.4, -0.2) is 29.3 Å². The number of carbonyl (C=O) groups is 1. The van der Waals surface area contributed by atoms with Gasteiger partial charge in [0, 0.05) is 12.1 Å². The third-order valence-corrected chi connectivity index (χ3v) is 3.07. The van der Waals surface area contributed by atoms with Gasteiger partial charge in [-0.15, -0.1) is 0 Å². The van der Waals surface area contributed by atoms with Crippen molar-refractivity contribution in [2.75, 3.05) is 13.3 Å². The molecule has 1 heterocycles. The molecule has 1 aliphatic rings. The van der Waals surface area contributed by atoms with Crippen molar-refractivity contribution in [3.05, 3.63) is 23.8 Å². The van der Waals surface area contributed by atoms with Gasteiger partial charge in [0.1, 0.15) is 0 Å². The van der Waals surface area contributed by atoms with Gasteiger partial charge in [-0.2, -0.15) is 0 Å². The predicted molar refractivity (Wildman–Crippen MR) is 73.3 cm³/mol. The van der Waals surface area contributed by atoms with E-state index in [-0.39, 0.29) is 19.1 Å². The van der Waals surface area contributed by atoms with Crippen LogP contribution in [0.15, 0.2) is 18.2 Å². The number of hydrogen-bond acceptors (Lipinski definition) is 4. The number of hydrogen-bond donors (Lipinski definition) is 1. The number of benzene rings is 1. The zero-order valence-electron chi connectivity index (χ0n) is 9.78. The Morgan fingerprint density at radius 3 is 2.94 bits per heavy atom. The number of rotatable bonds is 5. The molecular weight excluding hydrogens is 352 g/mol. The molecule has 2 unspecified atom stereocenters. The Hall–Kier alpha value is -0.890. The van der Waals surface area contributed by atoms with E-state index in [1.807, 2.05) is 0 Å². The molecule has 2 rings (SSSR count). The van der Waals surface area contributed by atoms with Crippen LogP contribution in [0.2, 0.25) is 0 Å². The maximum absolute atomic E-state index is 12.7. The molecule has 0 saturated heterocycles. The number of ketones is 1. The fourth-order valence-electron chi connectivity index (χ4n) is 1.66. The third-order valence-electron chi connectivity index (χ3n) is 2.63. The van der Waals surface area contributed by atoms with Crippen molar-refractivity contribution in [1.82, 2.24) is 5.32 Å². The van der Waals surface area contributed by atoms with Crippen molar-refractivity contribution in [1.29, 1.82) is 0 Å². The van der Waals surface area contributed by atoms with E-state index in [0.29, 0.717) is 17.1 Å². The number of fused-ring (bicyclic) bond motifs is 1. The van der Waals surface area contributed by atoms with E-state index in [9.17, 15) is 9.18 Å². The minimum absolute atomic E-state index is 0.0923. The predicted octanol–water partition coefficient (Wildman–Crippen LogP) is 2.31. The maximum atomic E-state index is 12.7. The highest BCUT2D eigenvalue weighted by Crippen LogP contribution is 2.32. The van der Waals surface area contributed by atoms with Crippen molar-refractivity contribution >= 4 is 28.4 Å². The number of ether oxygens (including phenoxy) is 2. The largest absolute Gasteiger partial charge is 0.454 e. The van der Waals surface area contributed by atoms with E-state index in [1.54, 1.807) is 47.7 Å². The SMILES string of the molecule is CC(NCC(F)I)C(=O)c1ccc2c(c1)OCO2. The zero-order valence-corrected chi connectivity index (χ0v) is 11.9. The summed E-state index contributed by atoms with van der Waals surface area (Å²) >= 11 is 1.66. The molecule has 0 radical (unpaired) electrons. The molecule has 1 aliphatic heterocycles. The van der Waals surface area contributed by atoms with E-state index in [2.05, 4.69) is 5.32 Å². The van der Waals surface area contributed by atoms with Gasteiger partial charge in [0.2, 0.25) is 6.79 Å². The van der Waals surface area contributed by atoms with Gasteiger partial charge in [0.15, 0.2) is 21.5 Å². The van der Waals surface area contributed by atoms with Gasteiger partial charge in [0.05, 0.1) is 6.04 Å². The number of nitrogens with one attached hydrogen (secondary N) is 1. The second-order valence-electron chi connectivity index (χ2n) is 3.95. The highest BCUT2D eigenvalue weighted by molar-refractivity contribution is 14.1. The normalized spacial score (nSPS) is 16.4. The lowest BCUT2D eigenvalue weighted by Gasteiger charge is -2.13. The van der Waals surface area contributed by atoms with Crippen LogP contribution in [0.25, 0.3) is 0 Å². The summed E-state index contributed by atoms with van der Waals surface area (Å²) in [4.78, 5) is 12.1. The molecule has 0 spiro atoms. The molecule has 0 bridgehead atoms. The number of Topliss-reactive ketones (excluding diaryl/α,β-unsaturated/α-hetero) is 1. The molecule has 6 heteroatoms. The average Bonchev–Trinajstić information content (AvgIpc) is 2.81. The van der Waals surface area contributed by atoms with Crippen LogP contribution in [0, 0.1) is 0 Å². The minimum atomic E-state index is -1.00. The van der Waals surface area contributed by atoms with Crippen LogP contribution >= 0.6 is 22.6 Å². The minimum Gasteiger partial charge on any atom is -0.454 e. The summed E-state index contributed by atoms with van der Waals surface area (Å²) in [7, 11) is 0. The van der Waals surface area contributed by atoms with Crippen LogP contribution < -0.4 is 14.8 Å². The second kappa shape index (κ2) is 5.83. The Balaban J connectivity index is 2.04. The molecule has 4 nitrogen and oxygen atoms in total. The number of halogens is 2. The van der Waals surface area contributed by atoms with Gasteiger partial charge in [-0.3, -0.25) is 4.79 Å². The molecule has 1 aromatic rings. The Kier molecular flexibility index (Phi) is 4.39. The lowest BCUT2D eigenvalue weighted by atomic mass is 10.0. The molecule has 2 atom stereocenters. The van der Waals surface area contributed by atoms with E-state index in [1.165, 1.54) is 0 Å². The van der Waals surface area contributed by atoms with Crippen molar-refractivity contribution < 1.29 is 18.7 Å². The first kappa shape index (κ1) is 13.5. The van der Waals surface area contributed by atoms with Crippen molar-refractivity contribution in [2.45, 2.75) is 17.1 Å². The number of alkyl halides is 2. The average molecular weight is 365 g/mol. The van der Waals surface area contributed by atoms with Crippen molar-refractivity contribution in [2.24, 2.45) is 0 Å². The molecule has 0 saturated carbocycles. The summed E-state index contributed by atoms with van der Waals surface area (Å²) in [6.07, 6.45) is 0. The van der Waals surface area contributed by atoms with Gasteiger partial charge in [0.25, 0.3) is 0 Å². The van der Waals surface area contributed by atoms with Crippen LogP contribution in [0.1, 0.15) is 17.3 Å². The van der Waals surface area contributed by atoms with E-state index in [0.717, 1.165) is 0 Å². The van der Waals surface area contributed by atoms with Gasteiger partial charge < -0.3 is 14.8 Å². The maximum Gasteiger partial charge on any atom is 0.231 e. The van der Waals surface area contributed by atoms with Crippen LogP contribution in [0.3, 0.4) is 0 Å². The van der Waals surface area contributed by atoms with Crippen LogP contribution in [-0.2, 0) is 0 Å². The summed E-state index contributed by atoms with van der Waals surface area (Å²) in [5, 5.41) is 2.84. The van der Waals surface area contributed by atoms with Gasteiger partial charge >= 0.3 is 0 Å². The molecule has 0 aromatic heterocycles.